The van der Waals surface area contributed by atoms with Gasteiger partial charge in [-0.3, -0.25) is 4.79 Å². The molecule has 0 N–H and O–H groups in total. The molecule has 0 radical (unpaired) electrons. The Labute approximate surface area is 127 Å². The number of hydrogen-bond acceptors (Lipinski definition) is 4. The van der Waals surface area contributed by atoms with E-state index in [9.17, 15) is 4.79 Å². The molecule has 0 spiro atoms. The number of ether oxygens (including phenoxy) is 1. The highest BCUT2D eigenvalue weighted by Crippen LogP contribution is 2.36. The van der Waals surface area contributed by atoms with Gasteiger partial charge < -0.3 is 9.64 Å². The number of amides is 1. The highest BCUT2D eigenvalue weighted by atomic mass is 35.5. The molecule has 2 unspecified atom stereocenters. The summed E-state index contributed by atoms with van der Waals surface area (Å²) in [6, 6.07) is 4.84. The lowest BCUT2D eigenvalue weighted by atomic mass is 10.1. The summed E-state index contributed by atoms with van der Waals surface area (Å²) < 4.78 is 7.28. The van der Waals surface area contributed by atoms with Crippen LogP contribution in [-0.4, -0.2) is 33.3 Å². The van der Waals surface area contributed by atoms with Crippen LogP contribution in [0.4, 0.5) is 5.69 Å². The molecule has 3 rings (SSSR count). The van der Waals surface area contributed by atoms with Crippen LogP contribution in [0.1, 0.15) is 19.9 Å². The maximum absolute atomic E-state index is 12.8. The van der Waals surface area contributed by atoms with Crippen molar-refractivity contribution in [2.45, 2.75) is 26.0 Å². The van der Waals surface area contributed by atoms with Crippen LogP contribution in [-0.2, 0) is 4.79 Å². The number of fused-ring (bicyclic) bond motifs is 1. The van der Waals surface area contributed by atoms with E-state index in [-0.39, 0.29) is 12.0 Å². The first-order valence-electron chi connectivity index (χ1n) is 6.68. The third kappa shape index (κ3) is 2.58. The molecule has 1 aromatic carbocycles. The van der Waals surface area contributed by atoms with Crippen LogP contribution >= 0.6 is 11.6 Å². The molecule has 1 aliphatic heterocycles. The smallest absolute Gasteiger partial charge is 0.251 e. The van der Waals surface area contributed by atoms with Crippen molar-refractivity contribution < 1.29 is 9.53 Å². The molecule has 21 heavy (non-hydrogen) atoms. The van der Waals surface area contributed by atoms with E-state index >= 15 is 0 Å². The van der Waals surface area contributed by atoms with Crippen molar-refractivity contribution in [3.63, 3.8) is 0 Å². The van der Waals surface area contributed by atoms with E-state index in [4.69, 9.17) is 16.3 Å². The van der Waals surface area contributed by atoms with Gasteiger partial charge in [-0.1, -0.05) is 11.6 Å². The van der Waals surface area contributed by atoms with Gasteiger partial charge >= 0.3 is 0 Å². The maximum atomic E-state index is 12.8. The van der Waals surface area contributed by atoms with Gasteiger partial charge in [-0.15, -0.1) is 0 Å². The van der Waals surface area contributed by atoms with E-state index in [1.807, 2.05) is 6.92 Å². The number of anilines is 1. The number of halogens is 1. The molecule has 0 bridgehead atoms. The monoisotopic (exact) mass is 306 g/mol. The second kappa shape index (κ2) is 5.37. The molecule has 2 atom stereocenters. The Kier molecular flexibility index (Phi) is 3.55. The van der Waals surface area contributed by atoms with E-state index in [2.05, 4.69) is 10.1 Å². The Morgan fingerprint density at radius 2 is 2.33 bits per heavy atom. The number of benzene rings is 1. The number of carbonyl (C=O) groups excluding carboxylic acids is 1. The third-order valence-electron chi connectivity index (χ3n) is 3.44. The zero-order valence-electron chi connectivity index (χ0n) is 11.7. The van der Waals surface area contributed by atoms with Crippen molar-refractivity contribution in [2.75, 3.05) is 11.4 Å². The SMILES string of the molecule is CC1CN(C(=O)C(C)n2cncn2)c2cc(Cl)ccc2O1. The van der Waals surface area contributed by atoms with E-state index in [0.717, 1.165) is 0 Å². The van der Waals surface area contributed by atoms with Gasteiger partial charge in [0.25, 0.3) is 5.91 Å². The van der Waals surface area contributed by atoms with Gasteiger partial charge in [0.2, 0.25) is 0 Å². The molecule has 1 amide bonds. The van der Waals surface area contributed by atoms with E-state index in [0.29, 0.717) is 23.0 Å². The summed E-state index contributed by atoms with van der Waals surface area (Å²) in [4.78, 5) is 18.3. The fourth-order valence-corrected chi connectivity index (χ4v) is 2.54. The largest absolute Gasteiger partial charge is 0.487 e. The molecule has 110 valence electrons. The number of hydrogen-bond donors (Lipinski definition) is 0. The number of aromatic nitrogens is 3. The van der Waals surface area contributed by atoms with E-state index in [1.54, 1.807) is 30.0 Å². The maximum Gasteiger partial charge on any atom is 0.251 e. The molecule has 1 aromatic heterocycles. The summed E-state index contributed by atoms with van der Waals surface area (Å²) in [5, 5.41) is 4.59. The van der Waals surface area contributed by atoms with Gasteiger partial charge in [0.15, 0.2) is 0 Å². The van der Waals surface area contributed by atoms with Crippen molar-refractivity contribution in [1.29, 1.82) is 0 Å². The quantitative estimate of drug-likeness (QED) is 0.854. The lowest BCUT2D eigenvalue weighted by Gasteiger charge is -2.34. The Bertz CT molecular complexity index is 659. The minimum Gasteiger partial charge on any atom is -0.487 e. The lowest BCUT2D eigenvalue weighted by Crippen LogP contribution is -2.45. The van der Waals surface area contributed by atoms with Crippen molar-refractivity contribution >= 4 is 23.2 Å². The number of nitrogens with zero attached hydrogens (tertiary/aromatic N) is 4. The summed E-state index contributed by atoms with van der Waals surface area (Å²) in [5.41, 5.74) is 0.692. The minimum atomic E-state index is -0.440. The Balaban J connectivity index is 1.95. The predicted molar refractivity (Wildman–Crippen MR) is 78.6 cm³/mol. The average Bonchev–Trinajstić information content (AvgIpc) is 2.99. The van der Waals surface area contributed by atoms with Crippen LogP contribution < -0.4 is 9.64 Å². The van der Waals surface area contributed by atoms with Crippen molar-refractivity contribution in [3.8, 4) is 5.75 Å². The van der Waals surface area contributed by atoms with Gasteiger partial charge in [0.05, 0.1) is 12.2 Å². The minimum absolute atomic E-state index is 0.0702. The predicted octanol–water partition coefficient (Wildman–Crippen LogP) is 2.31. The zero-order valence-corrected chi connectivity index (χ0v) is 12.5. The molecule has 0 fully saturated rings. The van der Waals surface area contributed by atoms with Gasteiger partial charge in [-0.2, -0.15) is 5.10 Å². The number of rotatable bonds is 2. The summed E-state index contributed by atoms with van der Waals surface area (Å²) >= 11 is 6.04. The van der Waals surface area contributed by atoms with E-state index in [1.165, 1.54) is 17.3 Å². The molecule has 0 saturated carbocycles. The molecule has 6 nitrogen and oxygen atoms in total. The number of carbonyl (C=O) groups is 1. The summed E-state index contributed by atoms with van der Waals surface area (Å²) in [6.07, 6.45) is 2.87. The van der Waals surface area contributed by atoms with Crippen molar-refractivity contribution in [2.24, 2.45) is 0 Å². The fourth-order valence-electron chi connectivity index (χ4n) is 2.38. The average molecular weight is 307 g/mol. The molecule has 2 heterocycles. The van der Waals surface area contributed by atoms with E-state index < -0.39 is 6.04 Å². The highest BCUT2D eigenvalue weighted by molar-refractivity contribution is 6.31. The first-order valence-corrected chi connectivity index (χ1v) is 7.05. The van der Waals surface area contributed by atoms with Crippen LogP contribution in [0.2, 0.25) is 5.02 Å². The standard InChI is InChI=1S/C14H15ClN4O2/c1-9-6-18(12-5-11(15)3-4-13(12)21-9)14(20)10(2)19-8-16-7-17-19/h3-5,7-10H,6H2,1-2H3. The van der Waals surface area contributed by atoms with Gasteiger partial charge in [0.1, 0.15) is 30.5 Å². The van der Waals surface area contributed by atoms with Crippen molar-refractivity contribution in [3.05, 3.63) is 35.9 Å². The van der Waals surface area contributed by atoms with Crippen molar-refractivity contribution in [1.82, 2.24) is 14.8 Å². The van der Waals surface area contributed by atoms with Crippen LogP contribution in [0.15, 0.2) is 30.9 Å². The topological polar surface area (TPSA) is 60.2 Å². The zero-order chi connectivity index (χ0) is 15.0. The molecule has 2 aromatic rings. The van der Waals surface area contributed by atoms with Gasteiger partial charge in [-0.25, -0.2) is 9.67 Å². The molecular weight excluding hydrogens is 292 g/mol. The highest BCUT2D eigenvalue weighted by Gasteiger charge is 2.31. The normalized spacial score (nSPS) is 18.8. The third-order valence-corrected chi connectivity index (χ3v) is 3.67. The second-order valence-corrected chi connectivity index (χ2v) is 5.48. The summed E-state index contributed by atoms with van der Waals surface area (Å²) in [6.45, 7) is 4.20. The summed E-state index contributed by atoms with van der Waals surface area (Å²) in [5.74, 6) is 0.594. The first-order chi connectivity index (χ1) is 10.1. The Morgan fingerprint density at radius 1 is 1.52 bits per heavy atom. The van der Waals surface area contributed by atoms with Crippen LogP contribution in [0.5, 0.6) is 5.75 Å². The van der Waals surface area contributed by atoms with Gasteiger partial charge in [0, 0.05) is 5.02 Å². The molecule has 0 aliphatic carbocycles. The van der Waals surface area contributed by atoms with Crippen LogP contribution in [0.3, 0.4) is 0 Å². The fraction of sp³-hybridized carbons (Fsp3) is 0.357. The Morgan fingerprint density at radius 3 is 3.05 bits per heavy atom. The summed E-state index contributed by atoms with van der Waals surface area (Å²) in [7, 11) is 0. The van der Waals surface area contributed by atoms with Crippen LogP contribution in [0.25, 0.3) is 0 Å². The first kappa shape index (κ1) is 13.9. The molecule has 0 saturated heterocycles. The van der Waals surface area contributed by atoms with Crippen LogP contribution in [0, 0.1) is 0 Å². The molecular formula is C14H15ClN4O2. The molecule has 1 aliphatic rings. The van der Waals surface area contributed by atoms with Gasteiger partial charge in [-0.05, 0) is 32.0 Å². The molecule has 7 heteroatoms. The Hall–Kier alpha value is -2.08. The lowest BCUT2D eigenvalue weighted by molar-refractivity contribution is -0.122. The second-order valence-electron chi connectivity index (χ2n) is 5.04.